The Morgan fingerprint density at radius 1 is 1.23 bits per heavy atom. The van der Waals surface area contributed by atoms with Gasteiger partial charge < -0.3 is 19.5 Å². The van der Waals surface area contributed by atoms with Gasteiger partial charge in [0, 0.05) is 11.6 Å². The quantitative estimate of drug-likeness (QED) is 0.907. The second kappa shape index (κ2) is 4.07. The van der Waals surface area contributed by atoms with Crippen LogP contribution in [-0.2, 0) is 16.6 Å². The van der Waals surface area contributed by atoms with Crippen molar-refractivity contribution in [1.29, 1.82) is 0 Å². The van der Waals surface area contributed by atoms with Crippen LogP contribution in [0.3, 0.4) is 0 Å². The van der Waals surface area contributed by atoms with Gasteiger partial charge in [0.1, 0.15) is 5.76 Å². The number of nitrogens with one attached hydrogen (secondary N) is 1. The molecule has 114 valence electrons. The minimum absolute atomic E-state index is 0.0625. The molecule has 4 aliphatic rings. The number of benzene rings is 1. The predicted octanol–water partition coefficient (Wildman–Crippen LogP) is 2.08. The summed E-state index contributed by atoms with van der Waals surface area (Å²) < 4.78 is 17.6. The van der Waals surface area contributed by atoms with Crippen LogP contribution >= 0.6 is 0 Å². The molecular formula is C18H19NO3. The first-order chi connectivity index (χ1) is 10.8. The topological polar surface area (TPSA) is 39.7 Å². The molecule has 2 aliphatic carbocycles. The van der Waals surface area contributed by atoms with Gasteiger partial charge in [-0.2, -0.15) is 0 Å². The molecule has 1 aromatic carbocycles. The molecule has 4 nitrogen and oxygen atoms in total. The Morgan fingerprint density at radius 3 is 2.95 bits per heavy atom. The van der Waals surface area contributed by atoms with E-state index in [1.165, 1.54) is 16.7 Å². The second-order valence-corrected chi connectivity index (χ2v) is 6.46. The van der Waals surface area contributed by atoms with Crippen molar-refractivity contribution in [2.45, 2.75) is 30.4 Å². The van der Waals surface area contributed by atoms with Crippen LogP contribution in [0.2, 0.25) is 0 Å². The summed E-state index contributed by atoms with van der Waals surface area (Å²) in [5, 5.41) is 3.67. The number of piperidine rings is 1. The van der Waals surface area contributed by atoms with Gasteiger partial charge in [-0.05, 0) is 42.7 Å². The summed E-state index contributed by atoms with van der Waals surface area (Å²) in [6, 6.07) is 4.64. The van der Waals surface area contributed by atoms with Crippen molar-refractivity contribution in [3.63, 3.8) is 0 Å². The molecule has 1 saturated heterocycles. The molecule has 2 bridgehead atoms. The lowest BCUT2D eigenvalue weighted by Gasteiger charge is -2.49. The zero-order chi connectivity index (χ0) is 14.9. The summed E-state index contributed by atoms with van der Waals surface area (Å²) in [5.74, 6) is 2.66. The Balaban J connectivity index is 1.85. The molecule has 1 unspecified atom stereocenters. The second-order valence-electron chi connectivity index (χ2n) is 6.46. The van der Waals surface area contributed by atoms with E-state index in [1.54, 1.807) is 14.2 Å². The lowest BCUT2D eigenvalue weighted by Crippen LogP contribution is -2.58. The summed E-state index contributed by atoms with van der Waals surface area (Å²) in [6.07, 6.45) is 6.31. The van der Waals surface area contributed by atoms with E-state index in [-0.39, 0.29) is 11.5 Å². The van der Waals surface area contributed by atoms with Crippen LogP contribution in [0.1, 0.15) is 17.5 Å². The molecule has 3 atom stereocenters. The molecule has 2 aliphatic heterocycles. The lowest BCUT2D eigenvalue weighted by atomic mass is 9.58. The minimum atomic E-state index is -0.0759. The maximum absolute atomic E-state index is 6.42. The van der Waals surface area contributed by atoms with Gasteiger partial charge in [-0.1, -0.05) is 12.1 Å². The summed E-state index contributed by atoms with van der Waals surface area (Å²) >= 11 is 0. The molecular weight excluding hydrogens is 278 g/mol. The fourth-order valence-corrected chi connectivity index (χ4v) is 4.85. The van der Waals surface area contributed by atoms with E-state index in [0.29, 0.717) is 6.04 Å². The standard InChI is InChI=1S/C18H19NO3/c1-20-13-5-3-10-9-12-11-4-6-14(21-2)17-18(11,7-8-19-12)15(10)16(13)22-17/h3-6,12,17,19H,7-9H2,1-2H3/t12?,17-,18-/m1/s1. The normalized spacial score (nSPS) is 33.4. The van der Waals surface area contributed by atoms with E-state index in [4.69, 9.17) is 14.2 Å². The molecule has 0 saturated carbocycles. The van der Waals surface area contributed by atoms with E-state index in [0.717, 1.165) is 36.6 Å². The highest BCUT2D eigenvalue weighted by Crippen LogP contribution is 2.61. The summed E-state index contributed by atoms with van der Waals surface area (Å²) in [7, 11) is 3.44. The van der Waals surface area contributed by atoms with E-state index >= 15 is 0 Å². The average molecular weight is 297 g/mol. The fraction of sp³-hybridized carbons (Fsp3) is 0.444. The Kier molecular flexibility index (Phi) is 2.33. The van der Waals surface area contributed by atoms with Crippen LogP contribution in [0.4, 0.5) is 0 Å². The van der Waals surface area contributed by atoms with E-state index in [1.807, 2.05) is 6.07 Å². The first kappa shape index (κ1) is 12.6. The molecule has 0 radical (unpaired) electrons. The maximum Gasteiger partial charge on any atom is 0.169 e. The van der Waals surface area contributed by atoms with Crippen molar-refractivity contribution < 1.29 is 14.2 Å². The van der Waals surface area contributed by atoms with Gasteiger partial charge in [0.15, 0.2) is 17.6 Å². The van der Waals surface area contributed by atoms with Gasteiger partial charge in [0.2, 0.25) is 0 Å². The van der Waals surface area contributed by atoms with Gasteiger partial charge in [-0.3, -0.25) is 0 Å². The van der Waals surface area contributed by atoms with Crippen LogP contribution in [-0.4, -0.2) is 32.9 Å². The first-order valence-electron chi connectivity index (χ1n) is 7.86. The van der Waals surface area contributed by atoms with E-state index in [2.05, 4.69) is 23.5 Å². The summed E-state index contributed by atoms with van der Waals surface area (Å²) in [6.45, 7) is 1.01. The van der Waals surface area contributed by atoms with Crippen molar-refractivity contribution in [1.82, 2.24) is 5.32 Å². The van der Waals surface area contributed by atoms with Gasteiger partial charge in [0.05, 0.1) is 19.6 Å². The first-order valence-corrected chi connectivity index (χ1v) is 7.86. The molecule has 1 aromatic rings. The number of rotatable bonds is 2. The molecule has 5 rings (SSSR count). The van der Waals surface area contributed by atoms with Gasteiger partial charge in [-0.25, -0.2) is 0 Å². The van der Waals surface area contributed by atoms with Crippen molar-refractivity contribution in [2.75, 3.05) is 20.8 Å². The van der Waals surface area contributed by atoms with Gasteiger partial charge in [-0.15, -0.1) is 0 Å². The van der Waals surface area contributed by atoms with Crippen molar-refractivity contribution in [3.05, 3.63) is 46.7 Å². The number of hydrogen-bond donors (Lipinski definition) is 1. The SMILES string of the molecule is COC1=CC=C2C3Cc4ccc(OC)c5c4[C@]2(CCN3)[C@@H]1O5. The van der Waals surface area contributed by atoms with Crippen LogP contribution in [0.15, 0.2) is 35.6 Å². The van der Waals surface area contributed by atoms with Crippen molar-refractivity contribution in [3.8, 4) is 11.5 Å². The van der Waals surface area contributed by atoms with Crippen LogP contribution in [0.25, 0.3) is 0 Å². The Labute approximate surface area is 129 Å². The molecule has 1 fully saturated rings. The van der Waals surface area contributed by atoms with Crippen molar-refractivity contribution >= 4 is 0 Å². The Bertz CT molecular complexity index is 736. The lowest BCUT2D eigenvalue weighted by molar-refractivity contribution is 0.0998. The van der Waals surface area contributed by atoms with Crippen molar-refractivity contribution in [2.24, 2.45) is 0 Å². The van der Waals surface area contributed by atoms with Gasteiger partial charge in [0.25, 0.3) is 0 Å². The van der Waals surface area contributed by atoms with E-state index < -0.39 is 0 Å². The zero-order valence-corrected chi connectivity index (χ0v) is 12.8. The third kappa shape index (κ3) is 1.24. The largest absolute Gasteiger partial charge is 0.497 e. The summed E-state index contributed by atoms with van der Waals surface area (Å²) in [5.41, 5.74) is 4.09. The highest BCUT2D eigenvalue weighted by Gasteiger charge is 2.61. The number of allylic oxidation sites excluding steroid dienone is 2. The fourth-order valence-electron chi connectivity index (χ4n) is 4.85. The molecule has 0 aromatic heterocycles. The third-order valence-corrected chi connectivity index (χ3v) is 5.70. The molecule has 1 N–H and O–H groups in total. The number of methoxy groups -OCH3 is 2. The van der Waals surface area contributed by atoms with Gasteiger partial charge >= 0.3 is 0 Å². The average Bonchev–Trinajstić information content (AvgIpc) is 2.88. The van der Waals surface area contributed by atoms with Crippen LogP contribution < -0.4 is 14.8 Å². The molecule has 2 heterocycles. The monoisotopic (exact) mass is 297 g/mol. The number of ether oxygens (including phenoxy) is 3. The third-order valence-electron chi connectivity index (χ3n) is 5.70. The van der Waals surface area contributed by atoms with Crippen LogP contribution in [0.5, 0.6) is 11.5 Å². The highest BCUT2D eigenvalue weighted by atomic mass is 16.6. The minimum Gasteiger partial charge on any atom is -0.497 e. The Hall–Kier alpha value is -1.94. The number of hydrogen-bond acceptors (Lipinski definition) is 4. The maximum atomic E-state index is 6.42. The summed E-state index contributed by atoms with van der Waals surface area (Å²) in [4.78, 5) is 0. The molecule has 22 heavy (non-hydrogen) atoms. The zero-order valence-electron chi connectivity index (χ0n) is 12.8. The predicted molar refractivity (Wildman–Crippen MR) is 82.4 cm³/mol. The van der Waals surface area contributed by atoms with E-state index in [9.17, 15) is 0 Å². The molecule has 1 spiro atoms. The molecule has 0 amide bonds. The Morgan fingerprint density at radius 2 is 2.14 bits per heavy atom. The van der Waals surface area contributed by atoms with Crippen LogP contribution in [0, 0.1) is 0 Å². The molecule has 4 heteroatoms. The highest BCUT2D eigenvalue weighted by molar-refractivity contribution is 5.67. The smallest absolute Gasteiger partial charge is 0.169 e.